The summed E-state index contributed by atoms with van der Waals surface area (Å²) in [6, 6.07) is 20.7. The van der Waals surface area contributed by atoms with E-state index < -0.39 is 11.8 Å². The Morgan fingerprint density at radius 1 is 1.06 bits per heavy atom. The molecule has 0 aliphatic rings. The molecule has 35 heavy (non-hydrogen) atoms. The lowest BCUT2D eigenvalue weighted by atomic mass is 10.1. The van der Waals surface area contributed by atoms with Crippen LogP contribution in [0.3, 0.4) is 0 Å². The van der Waals surface area contributed by atoms with Crippen molar-refractivity contribution in [3.8, 4) is 16.3 Å². The average molecular weight is 484 g/mol. The number of ether oxygens (including phenoxy) is 1. The normalized spacial score (nSPS) is 11.7. The second kappa shape index (κ2) is 9.15. The molecule has 0 spiro atoms. The van der Waals surface area contributed by atoms with Crippen molar-refractivity contribution in [3.63, 3.8) is 0 Å². The van der Waals surface area contributed by atoms with Gasteiger partial charge in [-0.3, -0.25) is 14.9 Å². The van der Waals surface area contributed by atoms with E-state index in [1.807, 2.05) is 30.3 Å². The van der Waals surface area contributed by atoms with Gasteiger partial charge >= 0.3 is 0 Å². The molecule has 0 saturated carbocycles. The average Bonchev–Trinajstić information content (AvgIpc) is 3.26. The Hall–Kier alpha value is -4.30. The predicted octanol–water partition coefficient (Wildman–Crippen LogP) is 5.54. The highest BCUT2D eigenvalue weighted by Gasteiger charge is 2.16. The van der Waals surface area contributed by atoms with Crippen LogP contribution in [-0.4, -0.2) is 23.9 Å². The highest BCUT2D eigenvalue weighted by molar-refractivity contribution is 7.21. The summed E-state index contributed by atoms with van der Waals surface area (Å²) in [6.45, 7) is 3.34. The zero-order chi connectivity index (χ0) is 24.5. The molecule has 0 radical (unpaired) electrons. The van der Waals surface area contributed by atoms with Crippen LogP contribution in [0.15, 0.2) is 76.1 Å². The Kier molecular flexibility index (Phi) is 5.88. The number of fused-ring (bicyclic) bond motifs is 2. The molecule has 5 rings (SSSR count). The number of nitrogens with one attached hydrogen (secondary N) is 1. The quantitative estimate of drug-likeness (QED) is 0.362. The number of nitrogens with zero attached hydrogens (tertiary/aromatic N) is 2. The summed E-state index contributed by atoms with van der Waals surface area (Å²) in [7, 11) is 1.54. The summed E-state index contributed by atoms with van der Waals surface area (Å²) >= 11 is 1.63. The summed E-state index contributed by atoms with van der Waals surface area (Å²) in [4.78, 5) is 33.5. The van der Waals surface area contributed by atoms with Crippen molar-refractivity contribution in [1.29, 1.82) is 0 Å². The second-order valence-electron chi connectivity index (χ2n) is 8.00. The van der Waals surface area contributed by atoms with E-state index in [9.17, 15) is 9.59 Å². The summed E-state index contributed by atoms with van der Waals surface area (Å²) in [5, 5.41) is 3.86. The van der Waals surface area contributed by atoms with Crippen LogP contribution >= 0.6 is 11.3 Å². The number of benzene rings is 3. The molecular formula is C27H21N3O4S. The van der Waals surface area contributed by atoms with Gasteiger partial charge in [0.15, 0.2) is 11.3 Å². The van der Waals surface area contributed by atoms with Crippen molar-refractivity contribution in [2.24, 2.45) is 4.99 Å². The molecule has 0 bridgehead atoms. The third-order valence-electron chi connectivity index (χ3n) is 5.38. The molecular weight excluding hydrogens is 462 g/mol. The van der Waals surface area contributed by atoms with Crippen LogP contribution in [0.4, 0.5) is 5.69 Å². The first-order valence-electron chi connectivity index (χ1n) is 10.9. The predicted molar refractivity (Wildman–Crippen MR) is 136 cm³/mol. The minimum atomic E-state index is -0.592. The van der Waals surface area contributed by atoms with Gasteiger partial charge in [-0.25, -0.2) is 9.98 Å². The van der Waals surface area contributed by atoms with E-state index in [1.165, 1.54) is 12.5 Å². The van der Waals surface area contributed by atoms with Crippen molar-refractivity contribution >= 4 is 50.0 Å². The van der Waals surface area contributed by atoms with Gasteiger partial charge in [-0.15, -0.1) is 11.3 Å². The maximum atomic E-state index is 12.7. The van der Waals surface area contributed by atoms with Crippen LogP contribution in [0.1, 0.15) is 22.8 Å². The number of para-hydroxylation sites is 1. The van der Waals surface area contributed by atoms with Crippen molar-refractivity contribution in [2.75, 3.05) is 7.11 Å². The molecule has 0 aliphatic heterocycles. The lowest BCUT2D eigenvalue weighted by molar-refractivity contribution is -0.118. The molecule has 2 aromatic heterocycles. The largest absolute Gasteiger partial charge is 0.493 e. The van der Waals surface area contributed by atoms with Crippen LogP contribution in [0.2, 0.25) is 0 Å². The topological polar surface area (TPSA) is 93.8 Å². The lowest BCUT2D eigenvalue weighted by Gasteiger charge is -2.07. The Balaban J connectivity index is 1.59. The van der Waals surface area contributed by atoms with Crippen molar-refractivity contribution in [1.82, 2.24) is 10.3 Å². The number of aromatic nitrogens is 1. The van der Waals surface area contributed by atoms with E-state index in [-0.39, 0.29) is 11.1 Å². The fourth-order valence-electron chi connectivity index (χ4n) is 3.71. The molecule has 0 aliphatic carbocycles. The summed E-state index contributed by atoms with van der Waals surface area (Å²) in [5.74, 6) is -0.549. The van der Waals surface area contributed by atoms with Crippen molar-refractivity contribution in [2.45, 2.75) is 13.8 Å². The third-order valence-corrected chi connectivity index (χ3v) is 6.45. The Bertz CT molecular complexity index is 1670. The molecule has 5 aromatic rings. The summed E-state index contributed by atoms with van der Waals surface area (Å²) < 4.78 is 12.5. The fourth-order valence-corrected chi connectivity index (χ4v) is 4.78. The first kappa shape index (κ1) is 22.5. The monoisotopic (exact) mass is 483 g/mol. The summed E-state index contributed by atoms with van der Waals surface area (Å²) in [5.41, 5.74) is 4.39. The SMILES string of the molecule is COc1cccc2cc(C(=O)NC(C)=O)c(=Nc3ccc(-c4nc5ccc(C)cc5s4)cc3)oc12. The zero-order valence-electron chi connectivity index (χ0n) is 19.3. The molecule has 0 atom stereocenters. The Morgan fingerprint density at radius 3 is 2.60 bits per heavy atom. The Labute approximate surface area is 204 Å². The van der Waals surface area contributed by atoms with Crippen LogP contribution in [0.5, 0.6) is 5.75 Å². The molecule has 1 N–H and O–H groups in total. The minimum absolute atomic E-state index is 0.0731. The standard InChI is InChI=1S/C27H21N3O4S/c1-15-7-12-21-23(13-15)35-27(30-21)17-8-10-19(11-9-17)29-26-20(25(32)28-16(2)31)14-18-5-4-6-22(33-3)24(18)34-26/h4-14H,1-3H3,(H,28,31,32). The number of carbonyl (C=O) groups excluding carboxylic acids is 2. The highest BCUT2D eigenvalue weighted by atomic mass is 32.1. The first-order chi connectivity index (χ1) is 16.9. The lowest BCUT2D eigenvalue weighted by Crippen LogP contribution is -2.32. The van der Waals surface area contributed by atoms with E-state index in [1.54, 1.807) is 42.7 Å². The van der Waals surface area contributed by atoms with Gasteiger partial charge < -0.3 is 9.15 Å². The molecule has 174 valence electrons. The second-order valence-corrected chi connectivity index (χ2v) is 9.03. The minimum Gasteiger partial charge on any atom is -0.493 e. The smallest absolute Gasteiger partial charge is 0.263 e. The van der Waals surface area contributed by atoms with Crippen LogP contribution in [-0.2, 0) is 4.79 Å². The van der Waals surface area contributed by atoms with Crippen molar-refractivity contribution < 1.29 is 18.7 Å². The number of carbonyl (C=O) groups is 2. The van der Waals surface area contributed by atoms with Gasteiger partial charge in [-0.05, 0) is 61.0 Å². The van der Waals surface area contributed by atoms with Gasteiger partial charge in [0.1, 0.15) is 10.6 Å². The van der Waals surface area contributed by atoms with Crippen LogP contribution in [0.25, 0.3) is 31.8 Å². The van der Waals surface area contributed by atoms with Gasteiger partial charge in [-0.1, -0.05) is 18.2 Å². The van der Waals surface area contributed by atoms with E-state index >= 15 is 0 Å². The number of amides is 2. The summed E-state index contributed by atoms with van der Waals surface area (Å²) in [6.07, 6.45) is 0. The number of rotatable bonds is 4. The molecule has 7 nitrogen and oxygen atoms in total. The van der Waals surface area contributed by atoms with Crippen molar-refractivity contribution in [3.05, 3.63) is 83.4 Å². The number of imide groups is 1. The maximum Gasteiger partial charge on any atom is 0.263 e. The van der Waals surface area contributed by atoms with E-state index in [2.05, 4.69) is 29.4 Å². The van der Waals surface area contributed by atoms with Gasteiger partial charge in [-0.2, -0.15) is 0 Å². The first-order valence-corrected chi connectivity index (χ1v) is 11.7. The van der Waals surface area contributed by atoms with E-state index in [4.69, 9.17) is 14.1 Å². The van der Waals surface area contributed by atoms with Gasteiger partial charge in [0, 0.05) is 17.9 Å². The number of hydrogen-bond donors (Lipinski definition) is 1. The van der Waals surface area contributed by atoms with Gasteiger partial charge in [0.05, 0.1) is 23.0 Å². The maximum absolute atomic E-state index is 12.7. The van der Waals surface area contributed by atoms with Crippen LogP contribution < -0.4 is 15.6 Å². The zero-order valence-corrected chi connectivity index (χ0v) is 20.1. The van der Waals surface area contributed by atoms with Gasteiger partial charge in [0.2, 0.25) is 11.5 Å². The third kappa shape index (κ3) is 4.56. The number of hydrogen-bond acceptors (Lipinski definition) is 7. The Morgan fingerprint density at radius 2 is 1.86 bits per heavy atom. The molecule has 3 aromatic carbocycles. The fraction of sp³-hybridized carbons (Fsp3) is 0.111. The molecule has 2 heterocycles. The van der Waals surface area contributed by atoms with E-state index in [0.717, 1.165) is 20.8 Å². The van der Waals surface area contributed by atoms with E-state index in [0.29, 0.717) is 22.4 Å². The molecule has 0 unspecified atom stereocenters. The molecule has 2 amide bonds. The molecule has 0 saturated heterocycles. The number of methoxy groups -OCH3 is 1. The van der Waals surface area contributed by atoms with Crippen LogP contribution in [0, 0.1) is 6.92 Å². The van der Waals surface area contributed by atoms with Gasteiger partial charge in [0.25, 0.3) is 5.91 Å². The number of thiazole rings is 1. The molecule has 8 heteroatoms. The molecule has 0 fully saturated rings. The highest BCUT2D eigenvalue weighted by Crippen LogP contribution is 2.31. The number of aryl methyl sites for hydroxylation is 1.